The zero-order chi connectivity index (χ0) is 11.7. The number of aliphatic hydroxyl groups is 1. The SMILES string of the molecule is CC1CCOC1C(O)c1ccc(Cl)c(Cl)c1. The molecule has 4 heteroatoms. The highest BCUT2D eigenvalue weighted by Crippen LogP contribution is 2.33. The van der Waals surface area contributed by atoms with E-state index >= 15 is 0 Å². The Balaban J connectivity index is 2.20. The summed E-state index contributed by atoms with van der Waals surface area (Å²) in [6, 6.07) is 5.18. The summed E-state index contributed by atoms with van der Waals surface area (Å²) in [7, 11) is 0. The highest BCUT2D eigenvalue weighted by molar-refractivity contribution is 6.42. The maximum Gasteiger partial charge on any atom is 0.105 e. The minimum absolute atomic E-state index is 0.141. The summed E-state index contributed by atoms with van der Waals surface area (Å²) < 4.78 is 5.53. The Kier molecular flexibility index (Phi) is 3.75. The van der Waals surface area contributed by atoms with E-state index in [1.54, 1.807) is 18.2 Å². The first-order valence-corrected chi connectivity index (χ1v) is 6.10. The number of hydrogen-bond donors (Lipinski definition) is 1. The summed E-state index contributed by atoms with van der Waals surface area (Å²) in [5, 5.41) is 11.1. The monoisotopic (exact) mass is 260 g/mol. The number of hydrogen-bond acceptors (Lipinski definition) is 2. The van der Waals surface area contributed by atoms with Gasteiger partial charge in [-0.25, -0.2) is 0 Å². The molecule has 1 fully saturated rings. The molecule has 0 radical (unpaired) electrons. The molecule has 1 aromatic rings. The van der Waals surface area contributed by atoms with Crippen molar-refractivity contribution >= 4 is 23.2 Å². The largest absolute Gasteiger partial charge is 0.386 e. The van der Waals surface area contributed by atoms with Crippen LogP contribution in [0, 0.1) is 5.92 Å². The van der Waals surface area contributed by atoms with Gasteiger partial charge in [0.25, 0.3) is 0 Å². The predicted molar refractivity (Wildman–Crippen MR) is 64.9 cm³/mol. The Bertz CT molecular complexity index is 381. The highest BCUT2D eigenvalue weighted by atomic mass is 35.5. The Hall–Kier alpha value is -0.280. The van der Waals surface area contributed by atoms with E-state index in [-0.39, 0.29) is 6.10 Å². The van der Waals surface area contributed by atoms with E-state index in [9.17, 15) is 5.11 Å². The quantitative estimate of drug-likeness (QED) is 0.883. The molecule has 2 nitrogen and oxygen atoms in total. The van der Waals surface area contributed by atoms with Crippen molar-refractivity contribution in [3.05, 3.63) is 33.8 Å². The zero-order valence-corrected chi connectivity index (χ0v) is 10.5. The third-order valence-electron chi connectivity index (χ3n) is 3.04. The fourth-order valence-electron chi connectivity index (χ4n) is 2.01. The summed E-state index contributed by atoms with van der Waals surface area (Å²) in [6.07, 6.45) is 0.216. The van der Waals surface area contributed by atoms with Crippen molar-refractivity contribution in [2.45, 2.75) is 25.6 Å². The molecule has 0 amide bonds. The molecule has 0 spiro atoms. The fourth-order valence-corrected chi connectivity index (χ4v) is 2.31. The van der Waals surface area contributed by atoms with Gasteiger partial charge in [-0.05, 0) is 30.0 Å². The van der Waals surface area contributed by atoms with Gasteiger partial charge >= 0.3 is 0 Å². The Morgan fingerprint density at radius 3 is 2.69 bits per heavy atom. The van der Waals surface area contributed by atoms with E-state index in [0.717, 1.165) is 12.0 Å². The molecule has 16 heavy (non-hydrogen) atoms. The van der Waals surface area contributed by atoms with E-state index < -0.39 is 6.10 Å². The van der Waals surface area contributed by atoms with Crippen LogP contribution in [0.1, 0.15) is 25.0 Å². The van der Waals surface area contributed by atoms with Crippen molar-refractivity contribution in [3.8, 4) is 0 Å². The third kappa shape index (κ3) is 2.35. The van der Waals surface area contributed by atoms with Gasteiger partial charge in [0, 0.05) is 6.61 Å². The van der Waals surface area contributed by atoms with Crippen LogP contribution in [-0.2, 0) is 4.74 Å². The molecule has 0 aliphatic carbocycles. The molecule has 3 unspecified atom stereocenters. The van der Waals surface area contributed by atoms with E-state index in [1.165, 1.54) is 0 Å². The predicted octanol–water partition coefficient (Wildman–Crippen LogP) is 3.45. The number of ether oxygens (including phenoxy) is 1. The lowest BCUT2D eigenvalue weighted by Gasteiger charge is -2.21. The molecule has 1 aliphatic heterocycles. The first-order chi connectivity index (χ1) is 7.59. The molecule has 2 rings (SSSR count). The molecule has 1 aromatic carbocycles. The zero-order valence-electron chi connectivity index (χ0n) is 8.99. The molecule has 3 atom stereocenters. The molecule has 88 valence electrons. The van der Waals surface area contributed by atoms with E-state index in [1.807, 2.05) is 0 Å². The van der Waals surface area contributed by atoms with Gasteiger partial charge in [-0.2, -0.15) is 0 Å². The lowest BCUT2D eigenvalue weighted by atomic mass is 9.95. The van der Waals surface area contributed by atoms with Crippen LogP contribution in [0.4, 0.5) is 0 Å². The number of aliphatic hydroxyl groups excluding tert-OH is 1. The van der Waals surface area contributed by atoms with Gasteiger partial charge in [0.15, 0.2) is 0 Å². The molecule has 0 bridgehead atoms. The van der Waals surface area contributed by atoms with E-state index in [2.05, 4.69) is 6.92 Å². The molecule has 1 aliphatic rings. The molecule has 1 N–H and O–H groups in total. The van der Waals surface area contributed by atoms with Crippen LogP contribution in [0.2, 0.25) is 10.0 Å². The van der Waals surface area contributed by atoms with Crippen LogP contribution in [-0.4, -0.2) is 17.8 Å². The third-order valence-corrected chi connectivity index (χ3v) is 3.78. The normalized spacial score (nSPS) is 27.0. The van der Waals surface area contributed by atoms with Crippen LogP contribution in [0.25, 0.3) is 0 Å². The lowest BCUT2D eigenvalue weighted by molar-refractivity contribution is -0.0177. The average molecular weight is 261 g/mol. The summed E-state index contributed by atoms with van der Waals surface area (Å²) in [5.41, 5.74) is 0.758. The summed E-state index contributed by atoms with van der Waals surface area (Å²) >= 11 is 11.7. The Morgan fingerprint density at radius 2 is 2.12 bits per heavy atom. The fraction of sp³-hybridized carbons (Fsp3) is 0.500. The number of halogens is 2. The molecule has 1 saturated heterocycles. The van der Waals surface area contributed by atoms with Crippen LogP contribution < -0.4 is 0 Å². The average Bonchev–Trinajstić information content (AvgIpc) is 2.67. The van der Waals surface area contributed by atoms with Crippen molar-refractivity contribution < 1.29 is 9.84 Å². The standard InChI is InChI=1S/C12H14Cl2O2/c1-7-4-5-16-12(7)11(15)8-2-3-9(13)10(14)6-8/h2-3,6-7,11-12,15H,4-5H2,1H3. The lowest BCUT2D eigenvalue weighted by Crippen LogP contribution is -2.22. The van der Waals surface area contributed by atoms with E-state index in [4.69, 9.17) is 27.9 Å². The van der Waals surface area contributed by atoms with Gasteiger partial charge in [-0.1, -0.05) is 36.2 Å². The number of rotatable bonds is 2. The second kappa shape index (κ2) is 4.92. The number of benzene rings is 1. The van der Waals surface area contributed by atoms with Crippen molar-refractivity contribution in [2.75, 3.05) is 6.61 Å². The molecular formula is C12H14Cl2O2. The van der Waals surface area contributed by atoms with Gasteiger partial charge in [0.05, 0.1) is 16.1 Å². The van der Waals surface area contributed by atoms with E-state index in [0.29, 0.717) is 22.6 Å². The molecule has 1 heterocycles. The minimum Gasteiger partial charge on any atom is -0.386 e. The second-order valence-corrected chi connectivity index (χ2v) is 5.03. The van der Waals surface area contributed by atoms with Crippen LogP contribution >= 0.6 is 23.2 Å². The van der Waals surface area contributed by atoms with Gasteiger partial charge in [-0.3, -0.25) is 0 Å². The smallest absolute Gasteiger partial charge is 0.105 e. The summed E-state index contributed by atoms with van der Waals surface area (Å²) in [4.78, 5) is 0. The van der Waals surface area contributed by atoms with Gasteiger partial charge < -0.3 is 9.84 Å². The first-order valence-electron chi connectivity index (χ1n) is 5.34. The van der Waals surface area contributed by atoms with Crippen molar-refractivity contribution in [3.63, 3.8) is 0 Å². The van der Waals surface area contributed by atoms with Crippen molar-refractivity contribution in [2.24, 2.45) is 5.92 Å². The summed E-state index contributed by atoms with van der Waals surface area (Å²) in [6.45, 7) is 2.79. The Labute approximate surface area is 105 Å². The van der Waals surface area contributed by atoms with Crippen LogP contribution in [0.5, 0.6) is 0 Å². The molecule has 0 saturated carbocycles. The second-order valence-electron chi connectivity index (χ2n) is 4.22. The molecular weight excluding hydrogens is 247 g/mol. The summed E-state index contributed by atoms with van der Waals surface area (Å²) in [5.74, 6) is 0.365. The molecule has 0 aromatic heterocycles. The van der Waals surface area contributed by atoms with Crippen molar-refractivity contribution in [1.82, 2.24) is 0 Å². The first kappa shape index (κ1) is 12.2. The Morgan fingerprint density at radius 1 is 1.38 bits per heavy atom. The van der Waals surface area contributed by atoms with Gasteiger partial charge in [0.2, 0.25) is 0 Å². The van der Waals surface area contributed by atoms with Gasteiger partial charge in [0.1, 0.15) is 6.10 Å². The minimum atomic E-state index is -0.632. The van der Waals surface area contributed by atoms with Gasteiger partial charge in [-0.15, -0.1) is 0 Å². The highest BCUT2D eigenvalue weighted by Gasteiger charge is 2.31. The van der Waals surface area contributed by atoms with Crippen LogP contribution in [0.3, 0.4) is 0 Å². The maximum atomic E-state index is 10.2. The maximum absolute atomic E-state index is 10.2. The topological polar surface area (TPSA) is 29.5 Å². The van der Waals surface area contributed by atoms with Crippen LogP contribution in [0.15, 0.2) is 18.2 Å². The van der Waals surface area contributed by atoms with Crippen molar-refractivity contribution in [1.29, 1.82) is 0 Å².